The first-order valence-corrected chi connectivity index (χ1v) is 8.00. The van der Waals surface area contributed by atoms with Crippen LogP contribution in [0.15, 0.2) is 22.8 Å². The van der Waals surface area contributed by atoms with E-state index in [-0.39, 0.29) is 24.9 Å². The van der Waals surface area contributed by atoms with Crippen molar-refractivity contribution >= 4 is 15.9 Å². The SMILES string of the molecule is COCCNC(=O)N1CC(S(=O)(=O)Cc2ccco2)C1. The third kappa shape index (κ3) is 3.51. The van der Waals surface area contributed by atoms with Gasteiger partial charge in [-0.1, -0.05) is 0 Å². The maximum Gasteiger partial charge on any atom is 0.317 e. The van der Waals surface area contributed by atoms with Crippen molar-refractivity contribution in [2.45, 2.75) is 11.0 Å². The Hall–Kier alpha value is -1.54. The Morgan fingerprint density at radius 3 is 2.90 bits per heavy atom. The molecule has 0 aromatic carbocycles. The molecule has 1 aromatic heterocycles. The molecule has 1 aliphatic heterocycles. The van der Waals surface area contributed by atoms with Gasteiger partial charge in [-0.05, 0) is 12.1 Å². The lowest BCUT2D eigenvalue weighted by atomic mass is 10.2. The molecular formula is C12H18N2O5S. The van der Waals surface area contributed by atoms with Gasteiger partial charge < -0.3 is 19.4 Å². The fourth-order valence-electron chi connectivity index (χ4n) is 1.91. The Balaban J connectivity index is 1.79. The van der Waals surface area contributed by atoms with E-state index in [9.17, 15) is 13.2 Å². The molecule has 2 heterocycles. The molecule has 1 fully saturated rings. The molecule has 0 unspecified atom stereocenters. The van der Waals surface area contributed by atoms with Crippen molar-refractivity contribution in [3.8, 4) is 0 Å². The van der Waals surface area contributed by atoms with E-state index in [4.69, 9.17) is 9.15 Å². The number of methoxy groups -OCH3 is 1. The third-order valence-electron chi connectivity index (χ3n) is 3.15. The second-order valence-corrected chi connectivity index (χ2v) is 6.92. The van der Waals surface area contributed by atoms with Crippen LogP contribution in [0.4, 0.5) is 4.79 Å². The number of rotatable bonds is 6. The summed E-state index contributed by atoms with van der Waals surface area (Å²) >= 11 is 0. The smallest absolute Gasteiger partial charge is 0.317 e. The van der Waals surface area contributed by atoms with Crippen molar-refractivity contribution in [3.05, 3.63) is 24.2 Å². The highest BCUT2D eigenvalue weighted by atomic mass is 32.2. The lowest BCUT2D eigenvalue weighted by Gasteiger charge is -2.38. The summed E-state index contributed by atoms with van der Waals surface area (Å²) in [5, 5.41) is 2.14. The molecule has 0 saturated carbocycles. The number of carbonyl (C=O) groups is 1. The molecule has 2 amide bonds. The van der Waals surface area contributed by atoms with E-state index >= 15 is 0 Å². The number of nitrogens with one attached hydrogen (secondary N) is 1. The average Bonchev–Trinajstić information content (AvgIpc) is 2.78. The molecule has 0 spiro atoms. The molecule has 0 bridgehead atoms. The molecule has 20 heavy (non-hydrogen) atoms. The summed E-state index contributed by atoms with van der Waals surface area (Å²) in [4.78, 5) is 13.1. The van der Waals surface area contributed by atoms with Gasteiger partial charge >= 0.3 is 6.03 Å². The van der Waals surface area contributed by atoms with Crippen molar-refractivity contribution in [1.29, 1.82) is 0 Å². The summed E-state index contributed by atoms with van der Waals surface area (Å²) in [5.41, 5.74) is 0. The first kappa shape index (κ1) is 14.9. The molecule has 0 radical (unpaired) electrons. The average molecular weight is 302 g/mol. The predicted molar refractivity (Wildman–Crippen MR) is 72.0 cm³/mol. The second-order valence-electron chi connectivity index (χ2n) is 4.64. The number of amides is 2. The molecule has 1 N–H and O–H groups in total. The van der Waals surface area contributed by atoms with Crippen LogP contribution in [0.1, 0.15) is 5.76 Å². The van der Waals surface area contributed by atoms with Gasteiger partial charge in [0.1, 0.15) is 11.5 Å². The lowest BCUT2D eigenvalue weighted by Crippen LogP contribution is -2.59. The Morgan fingerprint density at radius 2 is 2.30 bits per heavy atom. The van der Waals surface area contributed by atoms with Crippen molar-refractivity contribution < 1.29 is 22.4 Å². The summed E-state index contributed by atoms with van der Waals surface area (Å²) in [6.07, 6.45) is 1.45. The van der Waals surface area contributed by atoms with Crippen LogP contribution in [0.25, 0.3) is 0 Å². The maximum absolute atomic E-state index is 12.1. The lowest BCUT2D eigenvalue weighted by molar-refractivity contribution is 0.159. The third-order valence-corrected chi connectivity index (χ3v) is 5.15. The number of nitrogens with zero attached hydrogens (tertiary/aromatic N) is 1. The number of urea groups is 1. The van der Waals surface area contributed by atoms with Gasteiger partial charge in [0.15, 0.2) is 9.84 Å². The van der Waals surface area contributed by atoms with Gasteiger partial charge in [0.05, 0.1) is 18.1 Å². The number of likely N-dealkylation sites (tertiary alicyclic amines) is 1. The summed E-state index contributed by atoms with van der Waals surface area (Å²) in [6.45, 7) is 1.29. The van der Waals surface area contributed by atoms with E-state index in [2.05, 4.69) is 5.32 Å². The van der Waals surface area contributed by atoms with E-state index in [0.717, 1.165) is 0 Å². The normalized spacial score (nSPS) is 15.9. The first-order valence-electron chi connectivity index (χ1n) is 6.28. The monoisotopic (exact) mass is 302 g/mol. The summed E-state index contributed by atoms with van der Waals surface area (Å²) in [6, 6.07) is 3.03. The Morgan fingerprint density at radius 1 is 1.55 bits per heavy atom. The molecule has 1 saturated heterocycles. The number of furan rings is 1. The molecule has 2 rings (SSSR count). The fraction of sp³-hybridized carbons (Fsp3) is 0.583. The molecule has 0 atom stereocenters. The number of hydrogen-bond donors (Lipinski definition) is 1. The van der Waals surface area contributed by atoms with Crippen LogP contribution >= 0.6 is 0 Å². The topological polar surface area (TPSA) is 88.9 Å². The highest BCUT2D eigenvalue weighted by Crippen LogP contribution is 2.20. The molecule has 1 aliphatic rings. The Labute approximate surface area is 117 Å². The molecule has 1 aromatic rings. The van der Waals surface area contributed by atoms with Crippen LogP contribution in [0.2, 0.25) is 0 Å². The summed E-state index contributed by atoms with van der Waals surface area (Å²) in [5.74, 6) is 0.303. The zero-order chi connectivity index (χ0) is 14.6. The predicted octanol–water partition coefficient (Wildman–Crippen LogP) is 0.235. The number of hydrogen-bond acceptors (Lipinski definition) is 5. The van der Waals surface area contributed by atoms with E-state index in [1.807, 2.05) is 0 Å². The van der Waals surface area contributed by atoms with E-state index < -0.39 is 15.1 Å². The van der Waals surface area contributed by atoms with Gasteiger partial charge in [0.2, 0.25) is 0 Å². The Bertz CT molecular complexity index is 534. The van der Waals surface area contributed by atoms with Gasteiger partial charge in [-0.2, -0.15) is 0 Å². The zero-order valence-electron chi connectivity index (χ0n) is 11.2. The minimum atomic E-state index is -3.28. The van der Waals surface area contributed by atoms with Gasteiger partial charge in [0.25, 0.3) is 0 Å². The van der Waals surface area contributed by atoms with E-state index in [1.165, 1.54) is 11.2 Å². The quantitative estimate of drug-likeness (QED) is 0.760. The number of sulfone groups is 1. The summed E-state index contributed by atoms with van der Waals surface area (Å²) in [7, 11) is -1.73. The van der Waals surface area contributed by atoms with Crippen molar-refractivity contribution in [3.63, 3.8) is 0 Å². The number of ether oxygens (including phenoxy) is 1. The van der Waals surface area contributed by atoms with Crippen LogP contribution in [0.3, 0.4) is 0 Å². The zero-order valence-corrected chi connectivity index (χ0v) is 12.1. The molecule has 112 valence electrons. The van der Waals surface area contributed by atoms with Crippen molar-refractivity contribution in [1.82, 2.24) is 10.2 Å². The molecule has 7 nitrogen and oxygen atoms in total. The van der Waals surface area contributed by atoms with Crippen LogP contribution < -0.4 is 5.32 Å². The van der Waals surface area contributed by atoms with Crippen LogP contribution in [0, 0.1) is 0 Å². The highest BCUT2D eigenvalue weighted by Gasteiger charge is 2.39. The second kappa shape index (κ2) is 6.27. The molecule has 8 heteroatoms. The van der Waals surface area contributed by atoms with Crippen LogP contribution in [-0.4, -0.2) is 57.9 Å². The highest BCUT2D eigenvalue weighted by molar-refractivity contribution is 7.91. The Kier molecular flexibility index (Phi) is 4.66. The van der Waals surface area contributed by atoms with Gasteiger partial charge in [-0.25, -0.2) is 13.2 Å². The molecule has 0 aliphatic carbocycles. The van der Waals surface area contributed by atoms with Crippen LogP contribution in [-0.2, 0) is 20.3 Å². The van der Waals surface area contributed by atoms with Crippen molar-refractivity contribution in [2.24, 2.45) is 0 Å². The summed E-state index contributed by atoms with van der Waals surface area (Å²) < 4.78 is 34.0. The maximum atomic E-state index is 12.1. The molecular weight excluding hydrogens is 284 g/mol. The van der Waals surface area contributed by atoms with Gasteiger partial charge in [-0.3, -0.25) is 0 Å². The standard InChI is InChI=1S/C12H18N2O5S/c1-18-6-4-13-12(15)14-7-11(8-14)20(16,17)9-10-3-2-5-19-10/h2-3,5,11H,4,6-9H2,1H3,(H,13,15). The van der Waals surface area contributed by atoms with Crippen molar-refractivity contribution in [2.75, 3.05) is 33.4 Å². The minimum Gasteiger partial charge on any atom is -0.468 e. The van der Waals surface area contributed by atoms with Gasteiger partial charge in [-0.15, -0.1) is 0 Å². The first-order chi connectivity index (χ1) is 9.53. The fourth-order valence-corrected chi connectivity index (χ4v) is 3.52. The van der Waals surface area contributed by atoms with E-state index in [0.29, 0.717) is 18.9 Å². The number of carbonyl (C=O) groups excluding carboxylic acids is 1. The largest absolute Gasteiger partial charge is 0.468 e. The van der Waals surface area contributed by atoms with E-state index in [1.54, 1.807) is 19.2 Å². The minimum absolute atomic E-state index is 0.121. The van der Waals surface area contributed by atoms with Crippen LogP contribution in [0.5, 0.6) is 0 Å². The van der Waals surface area contributed by atoms with Gasteiger partial charge in [0, 0.05) is 26.7 Å².